The molecular formula is C9H14O2S. The van der Waals surface area contributed by atoms with Crippen molar-refractivity contribution in [1.82, 2.24) is 0 Å². The van der Waals surface area contributed by atoms with Gasteiger partial charge in [-0.1, -0.05) is 5.57 Å². The predicted octanol–water partition coefficient (Wildman–Crippen LogP) is 1.94. The molecule has 0 aromatic carbocycles. The first kappa shape index (κ1) is 8.45. The van der Waals surface area contributed by atoms with Gasteiger partial charge in [0.2, 0.25) is 0 Å². The molecule has 0 N–H and O–H groups in total. The number of rotatable bonds is 0. The zero-order chi connectivity index (χ0) is 8.55. The van der Waals surface area contributed by atoms with Crippen LogP contribution in [0.3, 0.4) is 0 Å². The van der Waals surface area contributed by atoms with Crippen LogP contribution in [0.4, 0.5) is 0 Å². The van der Waals surface area contributed by atoms with Crippen LogP contribution in [0.15, 0.2) is 11.1 Å². The van der Waals surface area contributed by atoms with Crippen molar-refractivity contribution in [2.75, 3.05) is 5.75 Å². The molecule has 68 valence electrons. The van der Waals surface area contributed by atoms with Gasteiger partial charge in [-0.15, -0.1) is 0 Å². The highest BCUT2D eigenvalue weighted by Gasteiger charge is 2.26. The molecule has 0 spiro atoms. The summed E-state index contributed by atoms with van der Waals surface area (Å²) < 4.78 is 16.5. The molecule has 2 atom stereocenters. The molecule has 0 radical (unpaired) electrons. The summed E-state index contributed by atoms with van der Waals surface area (Å²) in [6.45, 7) is 2.01. The Morgan fingerprint density at radius 1 is 1.42 bits per heavy atom. The molecule has 1 heterocycles. The maximum atomic E-state index is 11.2. The van der Waals surface area contributed by atoms with E-state index >= 15 is 0 Å². The van der Waals surface area contributed by atoms with Gasteiger partial charge >= 0.3 is 0 Å². The minimum absolute atomic E-state index is 0.106. The van der Waals surface area contributed by atoms with Crippen molar-refractivity contribution in [2.24, 2.45) is 0 Å². The van der Waals surface area contributed by atoms with E-state index < -0.39 is 11.1 Å². The van der Waals surface area contributed by atoms with Crippen LogP contribution >= 0.6 is 0 Å². The third-order valence-electron chi connectivity index (χ3n) is 2.66. The molecule has 0 aromatic rings. The van der Waals surface area contributed by atoms with Gasteiger partial charge in [0, 0.05) is 0 Å². The summed E-state index contributed by atoms with van der Waals surface area (Å²) in [7, 11) is 0. The lowest BCUT2D eigenvalue weighted by atomic mass is 9.90. The molecule has 1 aliphatic heterocycles. The molecule has 1 aliphatic carbocycles. The summed E-state index contributed by atoms with van der Waals surface area (Å²) in [5, 5.41) is 0. The van der Waals surface area contributed by atoms with E-state index in [1.807, 2.05) is 6.92 Å². The summed E-state index contributed by atoms with van der Waals surface area (Å²) >= 11 is -1.05. The van der Waals surface area contributed by atoms with E-state index in [9.17, 15) is 4.21 Å². The fourth-order valence-electron chi connectivity index (χ4n) is 2.04. The molecular weight excluding hydrogens is 172 g/mol. The zero-order valence-electron chi connectivity index (χ0n) is 7.34. The maximum absolute atomic E-state index is 11.2. The zero-order valence-corrected chi connectivity index (χ0v) is 8.15. The van der Waals surface area contributed by atoms with E-state index in [1.165, 1.54) is 24.0 Å². The molecule has 0 saturated heterocycles. The quantitative estimate of drug-likeness (QED) is 0.540. The van der Waals surface area contributed by atoms with Crippen molar-refractivity contribution in [2.45, 2.75) is 38.7 Å². The molecule has 1 unspecified atom stereocenters. The van der Waals surface area contributed by atoms with Crippen LogP contribution in [0, 0.1) is 0 Å². The molecule has 0 saturated carbocycles. The summed E-state index contributed by atoms with van der Waals surface area (Å²) in [4.78, 5) is 0. The first-order valence-corrected chi connectivity index (χ1v) is 5.78. The normalized spacial score (nSPS) is 36.4. The molecule has 0 fully saturated rings. The van der Waals surface area contributed by atoms with Crippen molar-refractivity contribution in [3.05, 3.63) is 11.1 Å². The fraction of sp³-hybridized carbons (Fsp3) is 0.778. The Labute approximate surface area is 75.7 Å². The van der Waals surface area contributed by atoms with Crippen molar-refractivity contribution in [3.8, 4) is 0 Å². The summed E-state index contributed by atoms with van der Waals surface area (Å²) in [5.74, 6) is 0.666. The molecule has 3 heteroatoms. The second-order valence-electron chi connectivity index (χ2n) is 3.52. The highest BCUT2D eigenvalue weighted by Crippen LogP contribution is 2.32. The summed E-state index contributed by atoms with van der Waals surface area (Å²) in [6, 6.07) is 0. The van der Waals surface area contributed by atoms with Gasteiger partial charge < -0.3 is 0 Å². The average Bonchev–Trinajstić information content (AvgIpc) is 2.04. The standard InChI is InChI=1S/C9H14O2S/c1-7-9-5-3-2-4-8(9)6-12(10)11-7/h7H,2-6H2,1H3/t7-,12?/m0/s1. The van der Waals surface area contributed by atoms with Crippen LogP contribution in [0.25, 0.3) is 0 Å². The molecule has 2 rings (SSSR count). The third kappa shape index (κ3) is 1.48. The van der Waals surface area contributed by atoms with E-state index in [0.29, 0.717) is 5.75 Å². The van der Waals surface area contributed by atoms with Crippen molar-refractivity contribution >= 4 is 11.1 Å². The molecule has 0 aromatic heterocycles. The Balaban J connectivity index is 2.26. The number of hydrogen-bond acceptors (Lipinski definition) is 2. The van der Waals surface area contributed by atoms with Crippen LogP contribution in [-0.2, 0) is 15.3 Å². The lowest BCUT2D eigenvalue weighted by Gasteiger charge is -2.28. The first-order valence-electron chi connectivity index (χ1n) is 4.53. The Morgan fingerprint density at radius 3 is 3.00 bits per heavy atom. The van der Waals surface area contributed by atoms with Gasteiger partial charge in [0.15, 0.2) is 11.1 Å². The Kier molecular flexibility index (Phi) is 2.33. The topological polar surface area (TPSA) is 26.3 Å². The predicted molar refractivity (Wildman–Crippen MR) is 49.1 cm³/mol. The highest BCUT2D eigenvalue weighted by atomic mass is 32.2. The Morgan fingerprint density at radius 2 is 2.17 bits per heavy atom. The van der Waals surface area contributed by atoms with Gasteiger partial charge in [-0.05, 0) is 38.2 Å². The van der Waals surface area contributed by atoms with Gasteiger partial charge in [-0.2, -0.15) is 0 Å². The Bertz CT molecular complexity index is 245. The molecule has 0 amide bonds. The van der Waals surface area contributed by atoms with Crippen LogP contribution in [0.1, 0.15) is 32.6 Å². The molecule has 0 bridgehead atoms. The average molecular weight is 186 g/mol. The van der Waals surface area contributed by atoms with Gasteiger partial charge in [0.1, 0.15) is 0 Å². The Hall–Kier alpha value is -0.150. The van der Waals surface area contributed by atoms with E-state index in [2.05, 4.69) is 0 Å². The van der Waals surface area contributed by atoms with Gasteiger partial charge in [0.05, 0.1) is 11.9 Å². The SMILES string of the molecule is C[C@@H]1OS(=O)CC2=C1CCCC2. The molecule has 2 aliphatic rings. The minimum atomic E-state index is -1.05. The van der Waals surface area contributed by atoms with Gasteiger partial charge in [-0.25, -0.2) is 4.21 Å². The fourth-order valence-corrected chi connectivity index (χ4v) is 3.16. The van der Waals surface area contributed by atoms with Crippen LogP contribution < -0.4 is 0 Å². The van der Waals surface area contributed by atoms with Crippen LogP contribution in [0.5, 0.6) is 0 Å². The van der Waals surface area contributed by atoms with E-state index in [4.69, 9.17) is 4.18 Å². The van der Waals surface area contributed by atoms with E-state index in [1.54, 1.807) is 0 Å². The smallest absolute Gasteiger partial charge is 0.160 e. The minimum Gasteiger partial charge on any atom is -0.283 e. The third-order valence-corrected chi connectivity index (χ3v) is 3.75. The van der Waals surface area contributed by atoms with Crippen molar-refractivity contribution in [3.63, 3.8) is 0 Å². The van der Waals surface area contributed by atoms with Crippen molar-refractivity contribution in [1.29, 1.82) is 0 Å². The van der Waals surface area contributed by atoms with Gasteiger partial charge in [0.25, 0.3) is 0 Å². The molecule has 2 nitrogen and oxygen atoms in total. The second-order valence-corrected chi connectivity index (χ2v) is 4.61. The maximum Gasteiger partial charge on any atom is 0.160 e. The summed E-state index contributed by atoms with van der Waals surface area (Å²) in [5.41, 5.74) is 2.85. The lowest BCUT2D eigenvalue weighted by Crippen LogP contribution is -2.26. The van der Waals surface area contributed by atoms with E-state index in [-0.39, 0.29) is 6.10 Å². The van der Waals surface area contributed by atoms with E-state index in [0.717, 1.165) is 12.8 Å². The number of hydrogen-bond donors (Lipinski definition) is 0. The van der Waals surface area contributed by atoms with Crippen molar-refractivity contribution < 1.29 is 8.39 Å². The highest BCUT2D eigenvalue weighted by molar-refractivity contribution is 7.80. The van der Waals surface area contributed by atoms with Gasteiger partial charge in [-0.3, -0.25) is 4.18 Å². The first-order chi connectivity index (χ1) is 5.77. The monoisotopic (exact) mass is 186 g/mol. The van der Waals surface area contributed by atoms with Crippen LogP contribution in [-0.4, -0.2) is 16.1 Å². The summed E-state index contributed by atoms with van der Waals surface area (Å²) in [6.07, 6.45) is 4.96. The largest absolute Gasteiger partial charge is 0.283 e. The molecule has 12 heavy (non-hydrogen) atoms. The van der Waals surface area contributed by atoms with Crippen LogP contribution in [0.2, 0.25) is 0 Å². The second kappa shape index (κ2) is 3.30. The lowest BCUT2D eigenvalue weighted by molar-refractivity contribution is 0.267.